The number of nitrogens with two attached hydrogens (primary N) is 2. The number of hydrogen-bond donors (Lipinski definition) is 5. The van der Waals surface area contributed by atoms with Gasteiger partial charge in [-0.05, 0) is 6.92 Å². The number of halogens is 1. The molecule has 0 saturated carbocycles. The number of hydrogen-bond acceptors (Lipinski definition) is 12. The molecule has 7 N–H and O–H groups in total. The molecule has 0 radical (unpaired) electrons. The molecule has 4 heterocycles. The molecule has 2 aromatic heterocycles. The summed E-state index contributed by atoms with van der Waals surface area (Å²) in [4.78, 5) is 59.5. The fraction of sp³-hybridized carbons (Fsp3) is 0.350. The summed E-state index contributed by atoms with van der Waals surface area (Å²) >= 11 is 9.54. The van der Waals surface area contributed by atoms with Crippen LogP contribution in [0.5, 0.6) is 0 Å². The molecule has 2 amide bonds. The van der Waals surface area contributed by atoms with Crippen molar-refractivity contribution in [2.75, 3.05) is 17.2 Å². The van der Waals surface area contributed by atoms with E-state index in [1.54, 1.807) is 6.07 Å². The third-order valence-electron chi connectivity index (χ3n) is 5.52. The van der Waals surface area contributed by atoms with Crippen LogP contribution in [0.4, 0.5) is 10.1 Å². The fourth-order valence-electron chi connectivity index (χ4n) is 3.68. The maximum Gasteiger partial charge on any atom is 0.352 e. The van der Waals surface area contributed by atoms with Crippen molar-refractivity contribution < 1.29 is 38.2 Å². The second-order valence-corrected chi connectivity index (χ2v) is 12.0. The molecule has 2 aromatic rings. The summed E-state index contributed by atoms with van der Waals surface area (Å²) in [5, 5.41) is 25.0. The molecule has 3 atom stereocenters. The predicted octanol–water partition coefficient (Wildman–Crippen LogP) is 0.251. The van der Waals surface area contributed by atoms with Gasteiger partial charge in [0.25, 0.3) is 11.8 Å². The molecule has 1 saturated heterocycles. The summed E-state index contributed by atoms with van der Waals surface area (Å²) < 4.78 is 1.83. The highest BCUT2D eigenvalue weighted by Crippen LogP contribution is 2.40. The van der Waals surface area contributed by atoms with E-state index in [4.69, 9.17) is 33.0 Å². The quantitative estimate of drug-likeness (QED) is 0.113. The summed E-state index contributed by atoms with van der Waals surface area (Å²) in [6, 6.07) is 0.680. The number of fused-ring (bicyclic) bond motifs is 1. The zero-order valence-electron chi connectivity index (χ0n) is 19.7. The first kappa shape index (κ1) is 27.6. The number of nitrogens with zero attached hydrogens (tertiary/aromatic N) is 4. The Morgan fingerprint density at radius 1 is 1.39 bits per heavy atom. The van der Waals surface area contributed by atoms with E-state index in [2.05, 4.69) is 15.5 Å². The van der Waals surface area contributed by atoms with Gasteiger partial charge in [0.1, 0.15) is 27.1 Å². The van der Waals surface area contributed by atoms with Crippen molar-refractivity contribution in [2.24, 2.45) is 5.16 Å². The number of aromatic nitrogens is 2. The smallest absolute Gasteiger partial charge is 0.352 e. The molecule has 0 aromatic carbocycles. The number of carboxylic acid groups (broad SMARTS) is 2. The maximum absolute atomic E-state index is 13.1. The summed E-state index contributed by atoms with van der Waals surface area (Å²) in [6.45, 7) is 3.29. The van der Waals surface area contributed by atoms with Crippen molar-refractivity contribution in [3.8, 4) is 0 Å². The number of thiazole rings is 1. The molecule has 1 fully saturated rings. The highest BCUT2D eigenvalue weighted by Gasteiger charge is 2.55. The molecule has 202 valence electrons. The number of anilines is 2. The van der Waals surface area contributed by atoms with Gasteiger partial charge in [-0.15, -0.1) is 15.7 Å². The Morgan fingerprint density at radius 3 is 2.66 bits per heavy atom. The molecule has 0 unspecified atom stereocenters. The van der Waals surface area contributed by atoms with Gasteiger partial charge in [-0.1, -0.05) is 28.1 Å². The molecule has 0 bridgehead atoms. The van der Waals surface area contributed by atoms with Gasteiger partial charge in [0.2, 0.25) is 6.10 Å². The van der Waals surface area contributed by atoms with Crippen molar-refractivity contribution in [3.05, 3.63) is 33.1 Å². The lowest BCUT2D eigenvalue weighted by Gasteiger charge is -2.49. The largest absolute Gasteiger partial charge is 0.478 e. The van der Waals surface area contributed by atoms with E-state index in [0.29, 0.717) is 16.3 Å². The van der Waals surface area contributed by atoms with Crippen LogP contribution in [0.2, 0.25) is 4.34 Å². The van der Waals surface area contributed by atoms with E-state index in [0.717, 1.165) is 21.9 Å². The first-order valence-corrected chi connectivity index (χ1v) is 13.8. The number of carbonyl (C=O) groups excluding carboxylic acids is 2. The van der Waals surface area contributed by atoms with Crippen LogP contribution in [-0.4, -0.2) is 72.8 Å². The van der Waals surface area contributed by atoms with Crippen molar-refractivity contribution in [1.82, 2.24) is 15.2 Å². The first-order valence-electron chi connectivity index (χ1n) is 10.7. The molecule has 14 nitrogen and oxygen atoms in total. The minimum Gasteiger partial charge on any atom is -0.478 e. The van der Waals surface area contributed by atoms with Crippen LogP contribution in [0, 0.1) is 6.92 Å². The van der Waals surface area contributed by atoms with Crippen LogP contribution in [-0.2, 0) is 30.6 Å². The Morgan fingerprint density at radius 2 is 2.11 bits per heavy atom. The normalized spacial score (nSPS) is 20.0. The van der Waals surface area contributed by atoms with Crippen LogP contribution in [0.25, 0.3) is 0 Å². The number of nitrogen functional groups attached to an aromatic ring is 2. The van der Waals surface area contributed by atoms with Crippen LogP contribution in [0.3, 0.4) is 0 Å². The number of oxime groups is 1. The summed E-state index contributed by atoms with van der Waals surface area (Å²) in [7, 11) is 0. The third kappa shape index (κ3) is 5.27. The van der Waals surface area contributed by atoms with Crippen molar-refractivity contribution >= 4 is 85.8 Å². The van der Waals surface area contributed by atoms with Gasteiger partial charge in [0, 0.05) is 24.3 Å². The zero-order chi connectivity index (χ0) is 27.9. The Bertz CT molecular complexity index is 1410. The lowest BCUT2D eigenvalue weighted by atomic mass is 10.0. The molecule has 4 rings (SSSR count). The highest BCUT2D eigenvalue weighted by molar-refractivity contribution is 8.00. The van der Waals surface area contributed by atoms with E-state index in [9.17, 15) is 24.3 Å². The predicted molar refractivity (Wildman–Crippen MR) is 140 cm³/mol. The zero-order valence-corrected chi connectivity index (χ0v) is 22.9. The van der Waals surface area contributed by atoms with Crippen LogP contribution >= 0.6 is 46.2 Å². The highest BCUT2D eigenvalue weighted by atomic mass is 35.5. The summed E-state index contributed by atoms with van der Waals surface area (Å²) in [6.07, 6.45) is -1.40. The van der Waals surface area contributed by atoms with Gasteiger partial charge >= 0.3 is 11.9 Å². The van der Waals surface area contributed by atoms with E-state index < -0.39 is 47.0 Å². The number of β-lactam (4-membered cyclic amide) rings is 1. The summed E-state index contributed by atoms with van der Waals surface area (Å²) in [5.74, 6) is -3.87. The Hall–Kier alpha value is -3.41. The first-order chi connectivity index (χ1) is 17.9. The molecular formula is C20H21ClN7O7S3+. The van der Waals surface area contributed by atoms with Gasteiger partial charge in [0.15, 0.2) is 39.6 Å². The minimum absolute atomic E-state index is 0.000622. The van der Waals surface area contributed by atoms with Gasteiger partial charge in [-0.25, -0.2) is 14.6 Å². The van der Waals surface area contributed by atoms with E-state index in [1.807, 2.05) is 10.9 Å². The maximum atomic E-state index is 13.1. The number of nitrogens with one attached hydrogen (secondary N) is 1. The van der Waals surface area contributed by atoms with Crippen LogP contribution in [0.1, 0.15) is 18.3 Å². The average molecular weight is 603 g/mol. The van der Waals surface area contributed by atoms with Gasteiger partial charge in [-0.3, -0.25) is 14.5 Å². The van der Waals surface area contributed by atoms with Crippen molar-refractivity contribution in [1.29, 1.82) is 0 Å². The van der Waals surface area contributed by atoms with E-state index in [-0.39, 0.29) is 27.4 Å². The number of aliphatic carboxylic acids is 2. The molecule has 0 spiro atoms. The Balaban J connectivity index is 1.57. The van der Waals surface area contributed by atoms with E-state index >= 15 is 0 Å². The number of carbonyl (C=O) groups is 4. The summed E-state index contributed by atoms with van der Waals surface area (Å²) in [5.41, 5.74) is 12.1. The molecular weight excluding hydrogens is 582 g/mol. The monoisotopic (exact) mass is 602 g/mol. The lowest BCUT2D eigenvalue weighted by Crippen LogP contribution is -2.71. The van der Waals surface area contributed by atoms with Gasteiger partial charge in [0.05, 0.1) is 0 Å². The Labute approximate surface area is 232 Å². The molecule has 18 heteroatoms. The number of aryl methyl sites for hydroxylation is 1. The van der Waals surface area contributed by atoms with Crippen LogP contribution in [0.15, 0.2) is 22.5 Å². The molecule has 2 aliphatic heterocycles. The average Bonchev–Trinajstić information content (AvgIpc) is 3.35. The fourth-order valence-corrected chi connectivity index (χ4v) is 6.84. The second-order valence-electron chi connectivity index (χ2n) is 8.13. The number of amides is 2. The Kier molecular flexibility index (Phi) is 7.82. The minimum atomic E-state index is -1.40. The van der Waals surface area contributed by atoms with Gasteiger partial charge in [-0.2, -0.15) is 0 Å². The third-order valence-corrected chi connectivity index (χ3v) is 8.91. The topological polar surface area (TPSA) is 214 Å². The standard InChI is InChI=1S/C20H20ClN7O7S3/c1-6-3-9(22)38-27(6)4-8-5-36-17-12(16(30)28(17)13(8)19(33)34)24-15(29)11(26-35-7(2)18(31)32)10-14(21)37-20(23)25-10/h3,7,12,17,22H,4-5H2,1-2H3,(H5,23,24,25,29,31,32,33,34)/p+1/t7-,12+,17+/m0/s1. The van der Waals surface area contributed by atoms with Crippen molar-refractivity contribution in [3.63, 3.8) is 0 Å². The second kappa shape index (κ2) is 10.8. The molecule has 38 heavy (non-hydrogen) atoms. The molecule has 0 aliphatic carbocycles. The number of carboxylic acids is 2. The number of thioether (sulfide) groups is 1. The lowest BCUT2D eigenvalue weighted by molar-refractivity contribution is -0.626. The van der Waals surface area contributed by atoms with Crippen molar-refractivity contribution in [2.45, 2.75) is 37.9 Å². The van der Waals surface area contributed by atoms with Crippen LogP contribution < -0.4 is 20.7 Å². The number of rotatable bonds is 9. The van der Waals surface area contributed by atoms with E-state index in [1.165, 1.54) is 30.2 Å². The molecule has 2 aliphatic rings. The van der Waals surface area contributed by atoms with Gasteiger partial charge < -0.3 is 31.8 Å². The SMILES string of the molecule is Cc1cc(N)s[n+]1CC1=C(C(=O)O)N2C(=O)[C@@H](NC(=O)C(=NO[C@@H](C)C(=O)O)c3nc(N)sc3Cl)[C@H]2SC1.